The van der Waals surface area contributed by atoms with E-state index in [4.69, 9.17) is 4.74 Å². The highest BCUT2D eigenvalue weighted by Gasteiger charge is 2.29. The molecule has 2 heterocycles. The van der Waals surface area contributed by atoms with E-state index < -0.39 is 0 Å². The number of carbonyl (C=O) groups excluding carboxylic acids is 1. The lowest BCUT2D eigenvalue weighted by atomic mass is 9.94. The molecule has 0 spiro atoms. The van der Waals surface area contributed by atoms with Crippen molar-refractivity contribution in [3.8, 4) is 5.75 Å². The second-order valence-corrected chi connectivity index (χ2v) is 5.64. The van der Waals surface area contributed by atoms with Crippen LogP contribution in [-0.4, -0.2) is 28.5 Å². The Morgan fingerprint density at radius 1 is 1.45 bits per heavy atom. The highest BCUT2D eigenvalue weighted by atomic mass is 16.5. The highest BCUT2D eigenvalue weighted by Crippen LogP contribution is 2.35. The van der Waals surface area contributed by atoms with Crippen molar-refractivity contribution in [2.75, 3.05) is 11.9 Å². The van der Waals surface area contributed by atoms with Crippen molar-refractivity contribution in [2.45, 2.75) is 25.8 Å². The number of para-hydroxylation sites is 1. The molecule has 0 saturated carbocycles. The molecule has 3 rings (SSSR count). The lowest BCUT2D eigenvalue weighted by Gasteiger charge is -2.19. The quantitative estimate of drug-likeness (QED) is 0.914. The average molecular weight is 300 g/mol. The predicted octanol–water partition coefficient (Wildman–Crippen LogP) is 2.41. The van der Waals surface area contributed by atoms with E-state index in [2.05, 4.69) is 15.7 Å². The molecule has 0 fully saturated rings. The number of fused-ring (bicyclic) bond motifs is 1. The lowest BCUT2D eigenvalue weighted by Crippen LogP contribution is -2.40. The third kappa shape index (κ3) is 2.77. The van der Waals surface area contributed by atoms with Gasteiger partial charge in [0.15, 0.2) is 5.82 Å². The molecule has 1 aromatic heterocycles. The molecule has 2 N–H and O–H groups in total. The van der Waals surface area contributed by atoms with E-state index in [-0.39, 0.29) is 18.0 Å². The number of nitrogens with zero attached hydrogens (tertiary/aromatic N) is 2. The summed E-state index contributed by atoms with van der Waals surface area (Å²) in [6, 6.07) is 9.49. The second kappa shape index (κ2) is 5.71. The summed E-state index contributed by atoms with van der Waals surface area (Å²) in [4.78, 5) is 12.1. The van der Waals surface area contributed by atoms with Gasteiger partial charge in [-0.25, -0.2) is 4.79 Å². The third-order valence-corrected chi connectivity index (χ3v) is 4.05. The molecule has 6 heteroatoms. The van der Waals surface area contributed by atoms with Gasteiger partial charge >= 0.3 is 6.03 Å². The first-order valence-corrected chi connectivity index (χ1v) is 7.34. The predicted molar refractivity (Wildman–Crippen MR) is 84.2 cm³/mol. The van der Waals surface area contributed by atoms with Crippen LogP contribution in [0.25, 0.3) is 0 Å². The summed E-state index contributed by atoms with van der Waals surface area (Å²) in [6.45, 7) is 4.51. The van der Waals surface area contributed by atoms with Gasteiger partial charge in [0.1, 0.15) is 5.75 Å². The van der Waals surface area contributed by atoms with Gasteiger partial charge in [-0.15, -0.1) is 0 Å². The van der Waals surface area contributed by atoms with Crippen LogP contribution in [0, 0.1) is 6.92 Å². The Labute approximate surface area is 129 Å². The number of urea groups is 1. The minimum absolute atomic E-state index is 0.0338. The Bertz CT molecular complexity index is 676. The van der Waals surface area contributed by atoms with Gasteiger partial charge in [0.25, 0.3) is 0 Å². The van der Waals surface area contributed by atoms with Crippen LogP contribution in [0.2, 0.25) is 0 Å². The molecule has 0 radical (unpaired) electrons. The second-order valence-electron chi connectivity index (χ2n) is 5.64. The van der Waals surface area contributed by atoms with Crippen molar-refractivity contribution in [3.05, 3.63) is 41.6 Å². The number of aromatic nitrogens is 2. The zero-order valence-corrected chi connectivity index (χ0v) is 13.0. The summed E-state index contributed by atoms with van der Waals surface area (Å²) in [5.74, 6) is 1.61. The molecule has 2 amide bonds. The van der Waals surface area contributed by atoms with Crippen molar-refractivity contribution in [2.24, 2.45) is 7.05 Å². The monoisotopic (exact) mass is 300 g/mol. The van der Waals surface area contributed by atoms with Gasteiger partial charge in [0.05, 0.1) is 6.61 Å². The van der Waals surface area contributed by atoms with E-state index in [1.165, 1.54) is 0 Å². The fourth-order valence-electron chi connectivity index (χ4n) is 2.68. The smallest absolute Gasteiger partial charge is 0.320 e. The van der Waals surface area contributed by atoms with Crippen LogP contribution in [0.1, 0.15) is 24.1 Å². The molecular weight excluding hydrogens is 280 g/mol. The largest absolute Gasteiger partial charge is 0.493 e. The standard InChI is InChI=1S/C16H20N4O2/c1-10-8-15(19-20(10)3)18-16(21)17-11(2)13-9-22-14-7-5-4-6-12(13)14/h4-8,11,13H,9H2,1-3H3,(H2,17,18,19,21)/t11-,13-/m1/s1. The van der Waals surface area contributed by atoms with Gasteiger partial charge in [-0.3, -0.25) is 10.00 Å². The van der Waals surface area contributed by atoms with Crippen LogP contribution in [0.4, 0.5) is 10.6 Å². The Kier molecular flexibility index (Phi) is 3.75. The maximum atomic E-state index is 12.1. The lowest BCUT2D eigenvalue weighted by molar-refractivity contribution is 0.244. The first-order valence-electron chi connectivity index (χ1n) is 7.34. The number of aryl methyl sites for hydroxylation is 2. The zero-order chi connectivity index (χ0) is 15.7. The van der Waals surface area contributed by atoms with Crippen molar-refractivity contribution < 1.29 is 9.53 Å². The summed E-state index contributed by atoms with van der Waals surface area (Å²) in [5, 5.41) is 9.93. The number of carbonyl (C=O) groups is 1. The maximum Gasteiger partial charge on any atom is 0.320 e. The van der Waals surface area contributed by atoms with E-state index in [9.17, 15) is 4.79 Å². The van der Waals surface area contributed by atoms with Crippen LogP contribution in [0.5, 0.6) is 5.75 Å². The number of ether oxygens (including phenoxy) is 1. The summed E-state index contributed by atoms with van der Waals surface area (Å²) in [6.07, 6.45) is 0. The summed E-state index contributed by atoms with van der Waals surface area (Å²) < 4.78 is 7.39. The van der Waals surface area contributed by atoms with Gasteiger partial charge < -0.3 is 10.1 Å². The van der Waals surface area contributed by atoms with E-state index in [0.29, 0.717) is 12.4 Å². The molecule has 2 aromatic rings. The number of benzene rings is 1. The normalized spacial score (nSPS) is 17.5. The number of hydrogen-bond donors (Lipinski definition) is 2. The summed E-state index contributed by atoms with van der Waals surface area (Å²) in [7, 11) is 1.84. The Morgan fingerprint density at radius 2 is 2.23 bits per heavy atom. The van der Waals surface area contributed by atoms with Crippen LogP contribution < -0.4 is 15.4 Å². The Morgan fingerprint density at radius 3 is 2.95 bits per heavy atom. The van der Waals surface area contributed by atoms with Crippen LogP contribution in [-0.2, 0) is 7.05 Å². The Balaban J connectivity index is 1.62. The summed E-state index contributed by atoms with van der Waals surface area (Å²) >= 11 is 0. The molecule has 1 aliphatic heterocycles. The average Bonchev–Trinajstić information content (AvgIpc) is 3.02. The molecule has 0 saturated heterocycles. The Hall–Kier alpha value is -2.50. The molecule has 0 aliphatic carbocycles. The molecule has 0 bridgehead atoms. The number of anilines is 1. The first kappa shape index (κ1) is 14.4. The van der Waals surface area contributed by atoms with Crippen molar-refractivity contribution in [3.63, 3.8) is 0 Å². The number of amides is 2. The van der Waals surface area contributed by atoms with Gasteiger partial charge in [0, 0.05) is 36.3 Å². The SMILES string of the molecule is Cc1cc(NC(=O)N[C@H](C)[C@H]2COc3ccccc32)nn1C. The summed E-state index contributed by atoms with van der Waals surface area (Å²) in [5.41, 5.74) is 2.13. The van der Waals surface area contributed by atoms with Crippen LogP contribution in [0.15, 0.2) is 30.3 Å². The van der Waals surface area contributed by atoms with Gasteiger partial charge in [-0.1, -0.05) is 18.2 Å². The first-order chi connectivity index (χ1) is 10.5. The maximum absolute atomic E-state index is 12.1. The molecule has 0 unspecified atom stereocenters. The van der Waals surface area contributed by atoms with Gasteiger partial charge in [0.2, 0.25) is 0 Å². The fraction of sp³-hybridized carbons (Fsp3) is 0.375. The van der Waals surface area contributed by atoms with E-state index >= 15 is 0 Å². The molecule has 1 aromatic carbocycles. The molecule has 2 atom stereocenters. The van der Waals surface area contributed by atoms with Crippen molar-refractivity contribution in [1.29, 1.82) is 0 Å². The van der Waals surface area contributed by atoms with Gasteiger partial charge in [-0.05, 0) is 19.9 Å². The van der Waals surface area contributed by atoms with Gasteiger partial charge in [-0.2, -0.15) is 5.10 Å². The van der Waals surface area contributed by atoms with Crippen LogP contribution >= 0.6 is 0 Å². The highest BCUT2D eigenvalue weighted by molar-refractivity contribution is 5.88. The van der Waals surface area contributed by atoms with E-state index in [0.717, 1.165) is 17.0 Å². The molecule has 22 heavy (non-hydrogen) atoms. The number of rotatable bonds is 3. The molecule has 116 valence electrons. The minimum Gasteiger partial charge on any atom is -0.493 e. The zero-order valence-electron chi connectivity index (χ0n) is 13.0. The van der Waals surface area contributed by atoms with E-state index in [1.54, 1.807) is 4.68 Å². The van der Waals surface area contributed by atoms with Crippen LogP contribution in [0.3, 0.4) is 0 Å². The molecular formula is C16H20N4O2. The molecule has 6 nitrogen and oxygen atoms in total. The topological polar surface area (TPSA) is 68.2 Å². The third-order valence-electron chi connectivity index (χ3n) is 4.05. The van der Waals surface area contributed by atoms with Crippen molar-refractivity contribution >= 4 is 11.8 Å². The van der Waals surface area contributed by atoms with Crippen molar-refractivity contribution in [1.82, 2.24) is 15.1 Å². The molecule has 1 aliphatic rings. The number of nitrogens with one attached hydrogen (secondary N) is 2. The minimum atomic E-state index is -0.255. The van der Waals surface area contributed by atoms with E-state index in [1.807, 2.05) is 51.2 Å². The fourth-order valence-corrected chi connectivity index (χ4v) is 2.68. The number of hydrogen-bond acceptors (Lipinski definition) is 3.